The van der Waals surface area contributed by atoms with E-state index in [1.807, 2.05) is 6.92 Å². The number of aliphatic hydroxyl groups excluding tert-OH is 3. The highest BCUT2D eigenvalue weighted by Gasteiger charge is 2.24. The van der Waals surface area contributed by atoms with Crippen LogP contribution in [0.4, 0.5) is 10.1 Å². The first kappa shape index (κ1) is 29.2. The summed E-state index contributed by atoms with van der Waals surface area (Å²) in [5, 5.41) is 29.0. The smallest absolute Gasteiger partial charge is 0.226 e. The normalized spacial score (nSPS) is 12.0. The first-order chi connectivity index (χ1) is 16.3. The Kier molecular flexibility index (Phi) is 13.6. The highest BCUT2D eigenvalue weighted by atomic mass is 19.1. The number of pyridine rings is 1. The third kappa shape index (κ3) is 9.18. The lowest BCUT2D eigenvalue weighted by molar-refractivity contribution is -0.118. The van der Waals surface area contributed by atoms with Crippen molar-refractivity contribution in [3.05, 3.63) is 65.2 Å². The number of carbonyl (C=O) groups excluding carboxylic acids is 1. The molecule has 0 saturated carbocycles. The molecule has 1 aromatic carbocycles. The molecule has 0 aliphatic carbocycles. The monoisotopic (exact) mass is 478 g/mol. The zero-order valence-corrected chi connectivity index (χ0v) is 20.2. The van der Waals surface area contributed by atoms with E-state index >= 15 is 0 Å². The molecule has 1 atom stereocenters. The van der Waals surface area contributed by atoms with E-state index in [9.17, 15) is 19.4 Å². The number of aliphatic hydroxyl groups is 3. The molecule has 9 heteroatoms. The molecule has 3 N–H and O–H groups in total. The van der Waals surface area contributed by atoms with Gasteiger partial charge in [0.05, 0.1) is 31.5 Å². The van der Waals surface area contributed by atoms with Crippen molar-refractivity contribution in [2.75, 3.05) is 45.5 Å². The molecule has 0 fully saturated rings. The average molecular weight is 479 g/mol. The molecule has 0 aliphatic heterocycles. The number of benzene rings is 1. The van der Waals surface area contributed by atoms with Crippen LogP contribution in [0, 0.1) is 5.82 Å². The Balaban J connectivity index is 0.00000133. The molecule has 0 spiro atoms. The summed E-state index contributed by atoms with van der Waals surface area (Å²) in [5.41, 5.74) is 2.05. The Hall–Kier alpha value is -2.85. The summed E-state index contributed by atoms with van der Waals surface area (Å²) in [7, 11) is 3.11. The van der Waals surface area contributed by atoms with Gasteiger partial charge in [0.25, 0.3) is 0 Å². The molecule has 2 rings (SSSR count). The summed E-state index contributed by atoms with van der Waals surface area (Å²) in [5.74, 6) is -0.849. The van der Waals surface area contributed by atoms with Gasteiger partial charge in [-0.05, 0) is 48.7 Å². The van der Waals surface area contributed by atoms with Gasteiger partial charge in [-0.15, -0.1) is 0 Å². The number of anilines is 1. The van der Waals surface area contributed by atoms with Crippen molar-refractivity contribution in [3.8, 4) is 0 Å². The third-order valence-electron chi connectivity index (χ3n) is 4.88. The summed E-state index contributed by atoms with van der Waals surface area (Å²) in [6, 6.07) is 7.77. The van der Waals surface area contributed by atoms with E-state index in [0.29, 0.717) is 12.1 Å². The van der Waals surface area contributed by atoms with E-state index < -0.39 is 12.7 Å². The number of hydrogen-bond donors (Lipinski definition) is 3. The molecule has 2 aromatic rings. The lowest BCUT2D eigenvalue weighted by Crippen LogP contribution is -2.40. The Morgan fingerprint density at radius 2 is 1.82 bits per heavy atom. The van der Waals surface area contributed by atoms with Crippen molar-refractivity contribution < 1.29 is 34.0 Å². The molecule has 1 amide bonds. The number of halogens is 1. The molecule has 1 unspecified atom stereocenters. The second kappa shape index (κ2) is 15.9. The topological polar surface area (TPSA) is 112 Å². The molecule has 1 aromatic heterocycles. The van der Waals surface area contributed by atoms with Crippen molar-refractivity contribution in [1.29, 1.82) is 0 Å². The van der Waals surface area contributed by atoms with Crippen molar-refractivity contribution in [3.63, 3.8) is 0 Å². The van der Waals surface area contributed by atoms with E-state index in [1.54, 1.807) is 38.4 Å². The van der Waals surface area contributed by atoms with Crippen LogP contribution in [0.25, 0.3) is 5.76 Å². The number of hydrogen-bond acceptors (Lipinski definition) is 7. The highest BCUT2D eigenvalue weighted by Crippen LogP contribution is 2.27. The van der Waals surface area contributed by atoms with Crippen molar-refractivity contribution in [2.24, 2.45) is 0 Å². The van der Waals surface area contributed by atoms with Crippen LogP contribution >= 0.6 is 0 Å². The van der Waals surface area contributed by atoms with Gasteiger partial charge < -0.3 is 29.7 Å². The quantitative estimate of drug-likeness (QED) is 0.426. The van der Waals surface area contributed by atoms with Gasteiger partial charge in [0.1, 0.15) is 17.3 Å². The fraction of sp³-hybridized carbons (Fsp3) is 0.440. The van der Waals surface area contributed by atoms with Gasteiger partial charge in [-0.2, -0.15) is 0 Å². The Labute approximate surface area is 200 Å². The van der Waals surface area contributed by atoms with E-state index in [1.165, 1.54) is 30.2 Å². The molecular formula is C25H35FN2O6. The SMILES string of the molecule is CCC(=O)N(CC(CO)OC)c1cc(Cc2ccc(F)cc2)cnc1/C(O)=C/CO.CCOC. The fourth-order valence-corrected chi connectivity index (χ4v) is 2.95. The van der Waals surface area contributed by atoms with E-state index in [-0.39, 0.29) is 42.7 Å². The minimum absolute atomic E-state index is 0.0563. The summed E-state index contributed by atoms with van der Waals surface area (Å²) in [6.07, 6.45) is 2.73. The van der Waals surface area contributed by atoms with Gasteiger partial charge in [0.15, 0.2) is 0 Å². The van der Waals surface area contributed by atoms with Crippen molar-refractivity contribution in [1.82, 2.24) is 4.98 Å². The molecule has 0 bridgehead atoms. The van der Waals surface area contributed by atoms with Crippen LogP contribution in [0.3, 0.4) is 0 Å². The number of amides is 1. The van der Waals surface area contributed by atoms with Crippen LogP contribution in [0.2, 0.25) is 0 Å². The second-order valence-corrected chi connectivity index (χ2v) is 7.26. The van der Waals surface area contributed by atoms with Crippen molar-refractivity contribution in [2.45, 2.75) is 32.8 Å². The molecule has 34 heavy (non-hydrogen) atoms. The molecule has 188 valence electrons. The highest BCUT2D eigenvalue weighted by molar-refractivity contribution is 5.95. The molecular weight excluding hydrogens is 443 g/mol. The number of carbonyl (C=O) groups is 1. The zero-order valence-electron chi connectivity index (χ0n) is 20.2. The number of methoxy groups -OCH3 is 2. The minimum Gasteiger partial charge on any atom is -0.506 e. The van der Waals surface area contributed by atoms with Gasteiger partial charge >= 0.3 is 0 Å². The Bertz CT molecular complexity index is 899. The van der Waals surface area contributed by atoms with Crippen LogP contribution in [0.1, 0.15) is 37.1 Å². The Morgan fingerprint density at radius 3 is 2.32 bits per heavy atom. The maximum Gasteiger partial charge on any atom is 0.226 e. The van der Waals surface area contributed by atoms with Crippen LogP contribution in [0.15, 0.2) is 42.6 Å². The first-order valence-electron chi connectivity index (χ1n) is 11.0. The van der Waals surface area contributed by atoms with E-state index in [2.05, 4.69) is 9.72 Å². The molecule has 0 aliphatic rings. The Morgan fingerprint density at radius 1 is 1.18 bits per heavy atom. The lowest BCUT2D eigenvalue weighted by atomic mass is 10.0. The van der Waals surface area contributed by atoms with Gasteiger partial charge in [-0.25, -0.2) is 4.39 Å². The van der Waals surface area contributed by atoms with Gasteiger partial charge in [-0.1, -0.05) is 19.1 Å². The largest absolute Gasteiger partial charge is 0.506 e. The second-order valence-electron chi connectivity index (χ2n) is 7.26. The van der Waals surface area contributed by atoms with Gasteiger partial charge in [-0.3, -0.25) is 9.78 Å². The molecule has 0 radical (unpaired) electrons. The van der Waals surface area contributed by atoms with Crippen LogP contribution in [-0.4, -0.2) is 72.9 Å². The maximum atomic E-state index is 13.2. The predicted octanol–water partition coefficient (Wildman–Crippen LogP) is 3.11. The van der Waals surface area contributed by atoms with Gasteiger partial charge in [0.2, 0.25) is 5.91 Å². The third-order valence-corrected chi connectivity index (χ3v) is 4.88. The minimum atomic E-state index is -0.627. The van der Waals surface area contributed by atoms with Crippen molar-refractivity contribution >= 4 is 17.4 Å². The predicted molar refractivity (Wildman–Crippen MR) is 129 cm³/mol. The number of nitrogens with zero attached hydrogens (tertiary/aromatic N) is 2. The summed E-state index contributed by atoms with van der Waals surface area (Å²) >= 11 is 0. The van der Waals surface area contributed by atoms with Crippen LogP contribution in [-0.2, 0) is 20.7 Å². The fourth-order valence-electron chi connectivity index (χ4n) is 2.95. The summed E-state index contributed by atoms with van der Waals surface area (Å²) in [4.78, 5) is 18.4. The summed E-state index contributed by atoms with van der Waals surface area (Å²) in [6.45, 7) is 3.85. The van der Waals surface area contributed by atoms with Crippen LogP contribution in [0.5, 0.6) is 0 Å². The zero-order chi connectivity index (χ0) is 25.5. The number of rotatable bonds is 11. The molecule has 8 nitrogen and oxygen atoms in total. The number of ether oxygens (including phenoxy) is 2. The lowest BCUT2D eigenvalue weighted by Gasteiger charge is -2.28. The molecule has 0 saturated heterocycles. The van der Waals surface area contributed by atoms with E-state index in [0.717, 1.165) is 17.7 Å². The first-order valence-corrected chi connectivity index (χ1v) is 11.0. The summed E-state index contributed by atoms with van der Waals surface area (Å²) < 4.78 is 22.9. The van der Waals surface area contributed by atoms with Gasteiger partial charge in [0, 0.05) is 33.4 Å². The average Bonchev–Trinajstić information content (AvgIpc) is 2.86. The maximum absolute atomic E-state index is 13.2. The standard InChI is InChI=1S/C22H27FN2O5.C3H8O/c1-3-21(29)25(13-18(14-27)30-2)19-11-16(10-15-4-6-17(23)7-5-15)12-24-22(19)20(28)8-9-26;1-3-4-2/h4-8,11-12,18,26-28H,3,9-10,13-14H2,1-2H3;3H2,1-2H3/b20-8-;. The van der Waals surface area contributed by atoms with Crippen LogP contribution < -0.4 is 4.90 Å². The molecule has 1 heterocycles. The van der Waals surface area contributed by atoms with E-state index in [4.69, 9.17) is 9.84 Å². The number of aromatic nitrogens is 1.